The summed E-state index contributed by atoms with van der Waals surface area (Å²) in [4.78, 5) is 17.5. The summed E-state index contributed by atoms with van der Waals surface area (Å²) < 4.78 is 1.98. The van der Waals surface area contributed by atoms with E-state index in [1.807, 2.05) is 55.2 Å². The van der Waals surface area contributed by atoms with E-state index in [0.29, 0.717) is 0 Å². The van der Waals surface area contributed by atoms with Crippen LogP contribution in [0.4, 0.5) is 0 Å². The zero-order chi connectivity index (χ0) is 15.8. The van der Waals surface area contributed by atoms with Crippen molar-refractivity contribution in [3.8, 4) is 16.9 Å². The number of fused-ring (bicyclic) bond motifs is 1. The van der Waals surface area contributed by atoms with Crippen molar-refractivity contribution in [2.75, 3.05) is 0 Å². The number of nitrogens with zero attached hydrogens (tertiary/aromatic N) is 5. The largest absolute Gasteiger partial charge is 0.283 e. The number of hydrogen-bond donors (Lipinski definition) is 0. The molecule has 0 aliphatic rings. The van der Waals surface area contributed by atoms with E-state index in [9.17, 15) is 0 Å². The lowest BCUT2D eigenvalue weighted by molar-refractivity contribution is 1.02. The van der Waals surface area contributed by atoms with Crippen LogP contribution in [-0.2, 0) is 0 Å². The molecule has 5 nitrogen and oxygen atoms in total. The first-order valence-electron chi connectivity index (χ1n) is 7.39. The summed E-state index contributed by atoms with van der Waals surface area (Å²) in [7, 11) is 0. The summed E-state index contributed by atoms with van der Waals surface area (Å²) in [6.07, 6.45) is 9.12. The Labute approximate surface area is 133 Å². The average molecular weight is 301 g/mol. The first kappa shape index (κ1) is 13.6. The van der Waals surface area contributed by atoms with Gasteiger partial charge in [-0.3, -0.25) is 14.5 Å². The first-order chi connectivity index (χ1) is 11.2. The average Bonchev–Trinajstić information content (AvgIpc) is 3.00. The highest BCUT2D eigenvalue weighted by Crippen LogP contribution is 2.23. The van der Waals surface area contributed by atoms with Crippen LogP contribution in [0.3, 0.4) is 0 Å². The van der Waals surface area contributed by atoms with Crippen molar-refractivity contribution in [1.29, 1.82) is 0 Å². The van der Waals surface area contributed by atoms with Gasteiger partial charge in [0.25, 0.3) is 0 Å². The molecule has 4 rings (SSSR count). The number of hydrogen-bond acceptors (Lipinski definition) is 4. The molecule has 0 amide bonds. The Kier molecular flexibility index (Phi) is 3.12. The quantitative estimate of drug-likeness (QED) is 0.568. The molecule has 0 aliphatic carbocycles. The predicted molar refractivity (Wildman–Crippen MR) is 89.4 cm³/mol. The van der Waals surface area contributed by atoms with Crippen LogP contribution in [-0.4, -0.2) is 24.5 Å². The molecule has 112 valence electrons. The highest BCUT2D eigenvalue weighted by atomic mass is 15.1. The molecule has 0 aliphatic heterocycles. The van der Waals surface area contributed by atoms with Crippen LogP contribution in [0.15, 0.2) is 55.4 Å². The molecule has 0 saturated carbocycles. The third-order valence-corrected chi connectivity index (χ3v) is 3.85. The summed E-state index contributed by atoms with van der Waals surface area (Å²) in [6, 6.07) is 8.11. The molecular weight excluding hydrogens is 286 g/mol. The second-order valence-corrected chi connectivity index (χ2v) is 5.53. The molecule has 4 aromatic heterocycles. The minimum Gasteiger partial charge on any atom is -0.283 e. The second-order valence-electron chi connectivity index (χ2n) is 5.53. The summed E-state index contributed by atoms with van der Waals surface area (Å²) >= 11 is 0. The summed E-state index contributed by atoms with van der Waals surface area (Å²) in [6.45, 7) is 4.00. The zero-order valence-corrected chi connectivity index (χ0v) is 12.9. The van der Waals surface area contributed by atoms with E-state index in [4.69, 9.17) is 0 Å². The Morgan fingerprint density at radius 1 is 0.870 bits per heavy atom. The number of imidazole rings is 1. The van der Waals surface area contributed by atoms with Crippen molar-refractivity contribution >= 4 is 11.0 Å². The Hall–Kier alpha value is -3.08. The maximum absolute atomic E-state index is 4.49. The van der Waals surface area contributed by atoms with Gasteiger partial charge in [-0.15, -0.1) is 0 Å². The number of rotatable bonds is 2. The number of aromatic nitrogens is 5. The highest BCUT2D eigenvalue weighted by Gasteiger charge is 2.09. The number of pyridine rings is 3. The van der Waals surface area contributed by atoms with E-state index in [1.165, 1.54) is 0 Å². The molecule has 4 aromatic rings. The predicted octanol–water partition coefficient (Wildman–Crippen LogP) is 3.49. The van der Waals surface area contributed by atoms with Crippen LogP contribution >= 0.6 is 0 Å². The van der Waals surface area contributed by atoms with Crippen molar-refractivity contribution in [3.63, 3.8) is 0 Å². The fraction of sp³-hybridized carbons (Fsp3) is 0.111. The zero-order valence-electron chi connectivity index (χ0n) is 12.9. The van der Waals surface area contributed by atoms with E-state index in [1.54, 1.807) is 12.5 Å². The number of aryl methyl sites for hydroxylation is 2. The van der Waals surface area contributed by atoms with Crippen LogP contribution in [0.2, 0.25) is 0 Å². The molecule has 4 heterocycles. The van der Waals surface area contributed by atoms with Crippen molar-refractivity contribution in [2.24, 2.45) is 0 Å². The molecular formula is C18H15N5. The molecule has 23 heavy (non-hydrogen) atoms. The first-order valence-corrected chi connectivity index (χ1v) is 7.39. The van der Waals surface area contributed by atoms with Gasteiger partial charge in [0.1, 0.15) is 17.7 Å². The minimum atomic E-state index is 0.831. The van der Waals surface area contributed by atoms with E-state index in [2.05, 4.69) is 26.0 Å². The summed E-state index contributed by atoms with van der Waals surface area (Å²) in [5.41, 5.74) is 6.12. The Morgan fingerprint density at radius 2 is 1.74 bits per heavy atom. The molecule has 0 spiro atoms. The van der Waals surface area contributed by atoms with Crippen LogP contribution < -0.4 is 0 Å². The molecule has 0 aromatic carbocycles. The van der Waals surface area contributed by atoms with Crippen molar-refractivity contribution in [2.45, 2.75) is 13.8 Å². The highest BCUT2D eigenvalue weighted by molar-refractivity contribution is 5.79. The van der Waals surface area contributed by atoms with Gasteiger partial charge in [0.2, 0.25) is 0 Å². The molecule has 0 fully saturated rings. The Bertz CT molecular complexity index is 1000. The van der Waals surface area contributed by atoms with Gasteiger partial charge in [0, 0.05) is 30.4 Å². The van der Waals surface area contributed by atoms with E-state index in [-0.39, 0.29) is 0 Å². The van der Waals surface area contributed by atoms with Gasteiger partial charge in [-0.2, -0.15) is 0 Å². The van der Waals surface area contributed by atoms with Crippen molar-refractivity contribution in [3.05, 3.63) is 66.6 Å². The van der Waals surface area contributed by atoms with Crippen LogP contribution in [0, 0.1) is 13.8 Å². The lowest BCUT2D eigenvalue weighted by atomic mass is 10.1. The van der Waals surface area contributed by atoms with Crippen molar-refractivity contribution < 1.29 is 0 Å². The Balaban J connectivity index is 1.86. The van der Waals surface area contributed by atoms with E-state index in [0.717, 1.165) is 39.2 Å². The van der Waals surface area contributed by atoms with Gasteiger partial charge in [-0.05, 0) is 49.2 Å². The van der Waals surface area contributed by atoms with Crippen LogP contribution in [0.25, 0.3) is 28.0 Å². The molecule has 0 atom stereocenters. The molecule has 0 radical (unpaired) electrons. The minimum absolute atomic E-state index is 0.831. The lowest BCUT2D eigenvalue weighted by Gasteiger charge is -2.07. The van der Waals surface area contributed by atoms with Gasteiger partial charge in [-0.1, -0.05) is 0 Å². The van der Waals surface area contributed by atoms with Gasteiger partial charge in [0.05, 0.1) is 11.2 Å². The third kappa shape index (κ3) is 2.36. The molecule has 0 saturated heterocycles. The maximum atomic E-state index is 4.49. The smallest absolute Gasteiger partial charge is 0.138 e. The SMILES string of the molecule is Cc1cncc(-c2ccnc(-n3cnc4c(C)nccc43)c2)c1. The summed E-state index contributed by atoms with van der Waals surface area (Å²) in [5.74, 6) is 0.831. The van der Waals surface area contributed by atoms with E-state index < -0.39 is 0 Å². The normalized spacial score (nSPS) is 11.0. The van der Waals surface area contributed by atoms with E-state index >= 15 is 0 Å². The van der Waals surface area contributed by atoms with Crippen molar-refractivity contribution in [1.82, 2.24) is 24.5 Å². The lowest BCUT2D eigenvalue weighted by Crippen LogP contribution is -1.96. The topological polar surface area (TPSA) is 56.5 Å². The maximum Gasteiger partial charge on any atom is 0.138 e. The van der Waals surface area contributed by atoms with Gasteiger partial charge in [0.15, 0.2) is 0 Å². The van der Waals surface area contributed by atoms with Gasteiger partial charge < -0.3 is 0 Å². The van der Waals surface area contributed by atoms with Gasteiger partial charge in [-0.25, -0.2) is 9.97 Å². The molecule has 0 unspecified atom stereocenters. The summed E-state index contributed by atoms with van der Waals surface area (Å²) in [5, 5.41) is 0. The fourth-order valence-electron chi connectivity index (χ4n) is 2.70. The third-order valence-electron chi connectivity index (χ3n) is 3.85. The second kappa shape index (κ2) is 5.28. The van der Waals surface area contributed by atoms with Gasteiger partial charge >= 0.3 is 0 Å². The Morgan fingerprint density at radius 3 is 2.61 bits per heavy atom. The molecule has 0 N–H and O–H groups in total. The standard InChI is InChI=1S/C18H15N5/c1-12-7-15(10-19-9-12)14-3-5-21-17(8-14)23-11-22-18-13(2)20-6-4-16(18)23/h3-11H,1-2H3. The fourth-order valence-corrected chi connectivity index (χ4v) is 2.70. The van der Waals surface area contributed by atoms with Crippen LogP contribution in [0.5, 0.6) is 0 Å². The molecule has 5 heteroatoms. The van der Waals surface area contributed by atoms with Crippen LogP contribution in [0.1, 0.15) is 11.3 Å². The monoisotopic (exact) mass is 301 g/mol. The molecule has 0 bridgehead atoms.